The third kappa shape index (κ3) is 70.3. The Kier molecular flexibility index (Phi) is 53.8. The second kappa shape index (κ2) is 51.7. The predicted molar refractivity (Wildman–Crippen MR) is 305 cm³/mol. The van der Waals surface area contributed by atoms with Crippen LogP contribution in [0.15, 0.2) is 0 Å². The molecule has 35 heteroatoms. The fourth-order valence-corrected chi connectivity index (χ4v) is 4.30. The van der Waals surface area contributed by atoms with E-state index in [9.17, 15) is 19.2 Å². The van der Waals surface area contributed by atoms with Gasteiger partial charge in [-0.1, -0.05) is 10.2 Å². The van der Waals surface area contributed by atoms with Crippen LogP contribution in [0.3, 0.4) is 0 Å². The Morgan fingerprint density at radius 2 is 0.873 bits per heavy atom. The largest absolute Gasteiger partial charge is 0.444 e. The molecule has 0 saturated carbocycles. The summed E-state index contributed by atoms with van der Waals surface area (Å²) in [5, 5.41) is 56.7. The fourth-order valence-electron chi connectivity index (χ4n) is 4.01. The molecule has 0 saturated heterocycles. The molecule has 4 amide bonds. The monoisotopic (exact) mass is 1180 g/mol. The van der Waals surface area contributed by atoms with Crippen molar-refractivity contribution in [3.63, 3.8) is 0 Å². The molecule has 0 aliphatic carbocycles. The molecule has 2 rings (SSSR count). The Labute approximate surface area is 477 Å². The average Bonchev–Trinajstić information content (AvgIpc) is 4.09. The summed E-state index contributed by atoms with van der Waals surface area (Å²) in [6.07, 6.45) is 5.36. The number of aromatic amines is 2. The van der Waals surface area contributed by atoms with E-state index in [0.29, 0.717) is 108 Å². The molecule has 2 heterocycles. The number of alkyl carbamates (subject to hydrolysis) is 4. The highest BCUT2D eigenvalue weighted by Gasteiger charge is 2.18. The van der Waals surface area contributed by atoms with Crippen LogP contribution in [0.5, 0.6) is 0 Å². The second-order valence-electron chi connectivity index (χ2n) is 19.7. The average molecular weight is 1180 g/mol. The zero-order valence-corrected chi connectivity index (χ0v) is 50.3. The van der Waals surface area contributed by atoms with E-state index in [4.69, 9.17) is 93.1 Å². The summed E-state index contributed by atoms with van der Waals surface area (Å²) in [7, 11) is 0. The first-order valence-electron chi connectivity index (χ1n) is 25.4. The molecule has 79 heavy (non-hydrogen) atoms. The number of rotatable bonds is 24. The Hall–Kier alpha value is -5.67. The number of amides is 4. The summed E-state index contributed by atoms with van der Waals surface area (Å²) in [6, 6.07) is 0. The molecule has 0 unspecified atom stereocenters. The number of H-pyrrole nitrogens is 2. The molecule has 0 bridgehead atoms. The summed E-state index contributed by atoms with van der Waals surface area (Å²) in [4.78, 5) is 44.4. The van der Waals surface area contributed by atoms with E-state index >= 15 is 0 Å². The van der Waals surface area contributed by atoms with Gasteiger partial charge in [0, 0.05) is 70.7 Å². The molecule has 0 aromatic carbocycles. The smallest absolute Gasteiger partial charge is 0.407 e. The van der Waals surface area contributed by atoms with Gasteiger partial charge in [0.1, 0.15) is 22.4 Å². The van der Waals surface area contributed by atoms with Crippen LogP contribution >= 0.6 is 23.2 Å². The number of carbonyl (C=O) groups is 4. The third-order valence-electron chi connectivity index (χ3n) is 7.25. The van der Waals surface area contributed by atoms with Gasteiger partial charge in [-0.3, -0.25) is 21.3 Å². The normalized spacial score (nSPS) is 10.4. The Balaban J connectivity index is -0.000000279. The summed E-state index contributed by atoms with van der Waals surface area (Å²) < 4.78 is 20.1. The number of carbonyl (C=O) groups excluding carboxylic acids is 4. The lowest BCUT2D eigenvalue weighted by Gasteiger charge is -2.20. The van der Waals surface area contributed by atoms with Gasteiger partial charge in [-0.2, -0.15) is 15.7 Å². The van der Waals surface area contributed by atoms with Gasteiger partial charge < -0.3 is 62.5 Å². The maximum absolute atomic E-state index is 11.3. The molecular formula is C44H100Cl2N24O9. The van der Waals surface area contributed by atoms with Gasteiger partial charge in [-0.05, 0) is 158 Å². The number of nitrogens with one attached hydrogen (secondary N) is 7. The van der Waals surface area contributed by atoms with Crippen molar-refractivity contribution in [3.05, 3.63) is 0 Å². The summed E-state index contributed by atoms with van der Waals surface area (Å²) in [6.45, 7) is 28.2. The second-order valence-corrected chi connectivity index (χ2v) is 20.5. The van der Waals surface area contributed by atoms with Crippen LogP contribution in [-0.2, 0) is 18.9 Å². The van der Waals surface area contributed by atoms with Crippen molar-refractivity contribution in [1.82, 2.24) is 73.0 Å². The van der Waals surface area contributed by atoms with Crippen molar-refractivity contribution >= 4 is 59.5 Å². The van der Waals surface area contributed by atoms with Gasteiger partial charge in [-0.15, -0.1) is 33.4 Å². The van der Waals surface area contributed by atoms with E-state index in [1.807, 2.05) is 62.3 Å². The molecule has 0 radical (unpaired) electrons. The van der Waals surface area contributed by atoms with E-state index in [-0.39, 0.29) is 18.8 Å². The number of hydrogen-bond donors (Lipinski definition) is 15. The van der Waals surface area contributed by atoms with E-state index in [0.717, 1.165) is 37.1 Å². The van der Waals surface area contributed by atoms with Gasteiger partial charge in [-0.25, -0.2) is 41.7 Å². The van der Waals surface area contributed by atoms with Crippen LogP contribution in [0.25, 0.3) is 0 Å². The van der Waals surface area contributed by atoms with Crippen molar-refractivity contribution in [2.75, 3.05) is 100 Å². The van der Waals surface area contributed by atoms with Gasteiger partial charge in [0.15, 0.2) is 6.19 Å². The number of anilines is 2. The molecule has 22 N–H and O–H groups in total. The number of nitrogens with zero attached hydrogens (tertiary/aromatic N) is 10. The quantitative estimate of drug-likeness (QED) is 0.0132. The van der Waals surface area contributed by atoms with Crippen LogP contribution in [0, 0.1) is 11.5 Å². The summed E-state index contributed by atoms with van der Waals surface area (Å²) in [5.74, 6) is 23.4. The standard InChI is InChI=1S/C9H19N7O2.C9H18N4O2.C8H16ClNO2.C8H19N3O2.C4H11N7.C3H8ClN.C3H9NO/c1-9(2,3)18-8(17)11-5-4-6-16(10)7-12-14-15-13-7;1-9(2,3)15-8(14)12-5-4-6-13(11)7-10;1-8(2,3)12-7(11)10-6-4-5-9;1-8(2,3)13-7(12)10-5-4-6-11-9;5-2-1-3-11(6)4-7-9-10-8-4;2*4-2-1-3-5/h4-6,10H2,1-3H3,(H,11,17)(H,12,13,14,15);4-6,11H2,1-3H3,(H,12,14);4-6H2,1-3H3,(H,10,11);11H,4-6,9H2,1-3H3,(H,10,12);1-3,5-6H2,(H,7,8,9,10);1-3,5H2;5H,1-4H2. The van der Waals surface area contributed by atoms with Crippen LogP contribution in [0.2, 0.25) is 0 Å². The molecular weight excluding hydrogens is 1080 g/mol. The Morgan fingerprint density at radius 1 is 0.544 bits per heavy atom. The highest BCUT2D eigenvalue weighted by Crippen LogP contribution is 2.09. The van der Waals surface area contributed by atoms with E-state index in [1.165, 1.54) is 10.0 Å². The lowest BCUT2D eigenvalue weighted by atomic mass is 10.2. The first-order chi connectivity index (χ1) is 36.8. The summed E-state index contributed by atoms with van der Waals surface area (Å²) >= 11 is 10.6. The number of halogens is 2. The number of aromatic nitrogens is 8. The molecule has 2 aromatic rings. The molecule has 0 aliphatic heterocycles. The zero-order chi connectivity index (χ0) is 61.8. The minimum Gasteiger partial charge on any atom is -0.444 e. The van der Waals surface area contributed by atoms with Gasteiger partial charge >= 0.3 is 24.4 Å². The van der Waals surface area contributed by atoms with Gasteiger partial charge in [0.05, 0.1) is 0 Å². The SMILES string of the molecule is CC(C)(C)OC(=O)NCCCCl.CC(C)(C)OC(=O)NCCCN(N)C#N.CC(C)(C)OC(=O)NCCCN(N)c1nn[nH]n1.CC(C)(C)OC(=O)NCCCNN.NCCCCl.NCCCN(N)c1nn[nH]n1.NCCCO. The number of hydrogen-bond acceptors (Lipinski definition) is 27. The van der Waals surface area contributed by atoms with E-state index < -0.39 is 34.6 Å². The molecule has 33 nitrogen and oxygen atoms in total. The minimum absolute atomic E-state index is 0.219. The lowest BCUT2D eigenvalue weighted by Crippen LogP contribution is -2.37. The van der Waals surface area contributed by atoms with Crippen LogP contribution in [0.4, 0.5) is 31.1 Å². The molecule has 0 spiro atoms. The Morgan fingerprint density at radius 3 is 1.13 bits per heavy atom. The van der Waals surface area contributed by atoms with Crippen molar-refractivity contribution in [1.29, 1.82) is 5.26 Å². The number of nitrogens with two attached hydrogens (primary N) is 7. The lowest BCUT2D eigenvalue weighted by molar-refractivity contribution is 0.0515. The minimum atomic E-state index is -0.491. The summed E-state index contributed by atoms with van der Waals surface area (Å²) in [5.41, 5.74) is 16.0. The fraction of sp³-hybridized carbons (Fsp3) is 0.841. The van der Waals surface area contributed by atoms with Crippen molar-refractivity contribution in [3.8, 4) is 6.19 Å². The topological polar surface area (TPSA) is 510 Å². The molecule has 2 aromatic heterocycles. The van der Waals surface area contributed by atoms with Crippen molar-refractivity contribution in [2.24, 2.45) is 40.6 Å². The number of tetrazole rings is 2. The Bertz CT molecular complexity index is 1740. The van der Waals surface area contributed by atoms with Crippen LogP contribution in [-0.4, -0.2) is 189 Å². The number of nitriles is 1. The molecule has 0 fully saturated rings. The number of aliphatic hydroxyl groups excluding tert-OH is 1. The molecule has 0 aliphatic rings. The number of ether oxygens (including phenoxy) is 4. The zero-order valence-electron chi connectivity index (χ0n) is 48.8. The molecule has 464 valence electrons. The van der Waals surface area contributed by atoms with Gasteiger partial charge in [0.2, 0.25) is 0 Å². The number of alkyl halides is 2. The first-order valence-corrected chi connectivity index (χ1v) is 26.5. The maximum atomic E-state index is 11.3. The number of hydrazine groups is 4. The first kappa shape index (κ1) is 82.2. The van der Waals surface area contributed by atoms with Crippen LogP contribution in [0.1, 0.15) is 128 Å². The number of aliphatic hydroxyl groups is 1. The van der Waals surface area contributed by atoms with Crippen molar-refractivity contribution < 1.29 is 43.2 Å². The predicted octanol–water partition coefficient (Wildman–Crippen LogP) is 0.987. The highest BCUT2D eigenvalue weighted by atomic mass is 35.5. The van der Waals surface area contributed by atoms with Gasteiger partial charge in [0.25, 0.3) is 11.9 Å². The van der Waals surface area contributed by atoms with E-state index in [2.05, 4.69) is 67.9 Å². The van der Waals surface area contributed by atoms with Crippen molar-refractivity contribution in [2.45, 2.75) is 150 Å². The maximum Gasteiger partial charge on any atom is 0.407 e. The van der Waals surface area contributed by atoms with Crippen LogP contribution < -0.4 is 77.3 Å². The third-order valence-corrected chi connectivity index (χ3v) is 7.78. The van der Waals surface area contributed by atoms with E-state index in [1.54, 1.807) is 27.0 Å². The highest BCUT2D eigenvalue weighted by molar-refractivity contribution is 6.18. The molecule has 0 atom stereocenters.